The summed E-state index contributed by atoms with van der Waals surface area (Å²) in [4.78, 5) is 28.5. The van der Waals surface area contributed by atoms with Gasteiger partial charge in [0, 0.05) is 44.8 Å². The van der Waals surface area contributed by atoms with Gasteiger partial charge in [-0.15, -0.1) is 0 Å². The maximum atomic E-state index is 12.5. The summed E-state index contributed by atoms with van der Waals surface area (Å²) in [5.41, 5.74) is 5.79. The summed E-state index contributed by atoms with van der Waals surface area (Å²) in [6, 6.07) is -0.436. The van der Waals surface area contributed by atoms with Gasteiger partial charge in [-0.3, -0.25) is 9.59 Å². The highest BCUT2D eigenvalue weighted by Gasteiger charge is 2.34. The molecule has 2 aliphatic rings. The number of carbonyl (C=O) groups is 2. The fraction of sp³-hybridized carbons (Fsp3) is 0.875. The van der Waals surface area contributed by atoms with Crippen LogP contribution in [0.2, 0.25) is 0 Å². The van der Waals surface area contributed by atoms with Crippen molar-refractivity contribution in [3.8, 4) is 0 Å². The van der Waals surface area contributed by atoms with Crippen molar-refractivity contribution in [3.63, 3.8) is 0 Å². The molecule has 0 bridgehead atoms. The minimum Gasteiger partial charge on any atom is -0.381 e. The summed E-state index contributed by atoms with van der Waals surface area (Å²) in [6.07, 6.45) is 1.71. The van der Waals surface area contributed by atoms with Gasteiger partial charge in [0.25, 0.3) is 0 Å². The number of hydrogen-bond acceptors (Lipinski definition) is 4. The van der Waals surface area contributed by atoms with E-state index in [0.717, 1.165) is 12.8 Å². The number of nitrogens with two attached hydrogens (primary N) is 1. The van der Waals surface area contributed by atoms with Gasteiger partial charge in [0.15, 0.2) is 0 Å². The molecule has 126 valence electrons. The van der Waals surface area contributed by atoms with E-state index in [1.54, 1.807) is 0 Å². The molecular formula is C16H29N3O3. The predicted octanol–water partition coefficient (Wildman–Crippen LogP) is 0.457. The Morgan fingerprint density at radius 3 is 2.05 bits per heavy atom. The second kappa shape index (κ2) is 6.96. The second-order valence-corrected chi connectivity index (χ2v) is 7.34. The summed E-state index contributed by atoms with van der Waals surface area (Å²) >= 11 is 0. The molecule has 2 amide bonds. The van der Waals surface area contributed by atoms with Crippen molar-refractivity contribution < 1.29 is 14.3 Å². The number of amides is 2. The minimum absolute atomic E-state index is 0.0229. The molecule has 2 rings (SSSR count). The zero-order chi connectivity index (χ0) is 16.3. The Balaban J connectivity index is 1.85. The van der Waals surface area contributed by atoms with Crippen molar-refractivity contribution in [1.82, 2.24) is 9.80 Å². The van der Waals surface area contributed by atoms with Crippen molar-refractivity contribution in [2.75, 3.05) is 39.4 Å². The molecule has 6 nitrogen and oxygen atoms in total. The van der Waals surface area contributed by atoms with Crippen LogP contribution in [0, 0.1) is 11.3 Å². The maximum absolute atomic E-state index is 12.5. The second-order valence-electron chi connectivity index (χ2n) is 7.34. The van der Waals surface area contributed by atoms with E-state index in [-0.39, 0.29) is 23.1 Å². The van der Waals surface area contributed by atoms with Crippen LogP contribution in [-0.2, 0) is 14.3 Å². The Morgan fingerprint density at radius 2 is 1.55 bits per heavy atom. The minimum atomic E-state index is -0.436. The molecule has 2 N–H and O–H groups in total. The lowest BCUT2D eigenvalue weighted by Crippen LogP contribution is -2.57. The quantitative estimate of drug-likeness (QED) is 0.804. The van der Waals surface area contributed by atoms with Crippen molar-refractivity contribution in [2.45, 2.75) is 39.7 Å². The first-order valence-corrected chi connectivity index (χ1v) is 8.22. The molecule has 0 spiro atoms. The van der Waals surface area contributed by atoms with E-state index in [4.69, 9.17) is 10.5 Å². The van der Waals surface area contributed by atoms with E-state index in [9.17, 15) is 9.59 Å². The average Bonchev–Trinajstić information content (AvgIpc) is 2.53. The topological polar surface area (TPSA) is 75.9 Å². The Hall–Kier alpha value is -1.14. The Kier molecular flexibility index (Phi) is 5.45. The van der Waals surface area contributed by atoms with Crippen LogP contribution in [0.5, 0.6) is 0 Å². The Bertz CT molecular complexity index is 405. The highest BCUT2D eigenvalue weighted by atomic mass is 16.5. The molecule has 1 unspecified atom stereocenters. The van der Waals surface area contributed by atoms with Gasteiger partial charge in [-0.25, -0.2) is 0 Å². The van der Waals surface area contributed by atoms with E-state index < -0.39 is 6.04 Å². The van der Waals surface area contributed by atoms with E-state index in [1.165, 1.54) is 0 Å². The Morgan fingerprint density at radius 1 is 1.05 bits per heavy atom. The normalized spacial score (nSPS) is 22.5. The first-order chi connectivity index (χ1) is 10.3. The smallest absolute Gasteiger partial charge is 0.239 e. The third-order valence-corrected chi connectivity index (χ3v) is 4.58. The lowest BCUT2D eigenvalue weighted by molar-refractivity contribution is -0.146. The van der Waals surface area contributed by atoms with E-state index in [2.05, 4.69) is 0 Å². The van der Waals surface area contributed by atoms with Gasteiger partial charge in [0.2, 0.25) is 11.8 Å². The number of nitrogens with zero attached hydrogens (tertiary/aromatic N) is 2. The highest BCUT2D eigenvalue weighted by Crippen LogP contribution is 2.21. The van der Waals surface area contributed by atoms with E-state index in [1.807, 2.05) is 30.6 Å². The van der Waals surface area contributed by atoms with Gasteiger partial charge in [-0.05, 0) is 18.8 Å². The standard InChI is InChI=1S/C16H29N3O3/c1-16(2,3)15(21)19-8-6-18(7-9-19)14(20)13(17)12-4-10-22-11-5-12/h12-13H,4-11,17H2,1-3H3. The molecule has 2 heterocycles. The molecule has 0 radical (unpaired) electrons. The third kappa shape index (κ3) is 3.98. The Labute approximate surface area is 132 Å². The van der Waals surface area contributed by atoms with Crippen molar-refractivity contribution in [2.24, 2.45) is 17.1 Å². The fourth-order valence-corrected chi connectivity index (χ4v) is 3.09. The van der Waals surface area contributed by atoms with Gasteiger partial charge in [-0.2, -0.15) is 0 Å². The van der Waals surface area contributed by atoms with Gasteiger partial charge in [0.1, 0.15) is 0 Å². The van der Waals surface area contributed by atoms with Crippen molar-refractivity contribution >= 4 is 11.8 Å². The summed E-state index contributed by atoms with van der Waals surface area (Å²) < 4.78 is 5.32. The third-order valence-electron chi connectivity index (χ3n) is 4.58. The first kappa shape index (κ1) is 17.2. The summed E-state index contributed by atoms with van der Waals surface area (Å²) in [6.45, 7) is 9.52. The molecular weight excluding hydrogens is 282 g/mol. The highest BCUT2D eigenvalue weighted by molar-refractivity contribution is 5.84. The van der Waals surface area contributed by atoms with Crippen molar-refractivity contribution in [1.29, 1.82) is 0 Å². The zero-order valence-electron chi connectivity index (χ0n) is 14.0. The molecule has 0 aromatic heterocycles. The maximum Gasteiger partial charge on any atom is 0.239 e. The zero-order valence-corrected chi connectivity index (χ0v) is 14.0. The largest absolute Gasteiger partial charge is 0.381 e. The van der Waals surface area contributed by atoms with Crippen LogP contribution >= 0.6 is 0 Å². The first-order valence-electron chi connectivity index (χ1n) is 8.22. The molecule has 1 atom stereocenters. The molecule has 2 saturated heterocycles. The molecule has 2 fully saturated rings. The van der Waals surface area contributed by atoms with Crippen LogP contribution in [-0.4, -0.2) is 67.0 Å². The van der Waals surface area contributed by atoms with Gasteiger partial charge in [-0.1, -0.05) is 20.8 Å². The van der Waals surface area contributed by atoms with E-state index in [0.29, 0.717) is 39.4 Å². The van der Waals surface area contributed by atoms with Gasteiger partial charge < -0.3 is 20.3 Å². The number of piperazine rings is 1. The number of rotatable bonds is 2. The number of ether oxygens (including phenoxy) is 1. The molecule has 6 heteroatoms. The lowest BCUT2D eigenvalue weighted by atomic mass is 9.91. The van der Waals surface area contributed by atoms with Crippen LogP contribution in [0.4, 0.5) is 0 Å². The number of hydrogen-bond donors (Lipinski definition) is 1. The molecule has 2 aliphatic heterocycles. The summed E-state index contributed by atoms with van der Waals surface area (Å²) in [7, 11) is 0. The monoisotopic (exact) mass is 311 g/mol. The average molecular weight is 311 g/mol. The van der Waals surface area contributed by atoms with Crippen LogP contribution in [0.3, 0.4) is 0 Å². The molecule has 0 aliphatic carbocycles. The lowest BCUT2D eigenvalue weighted by Gasteiger charge is -2.39. The SMILES string of the molecule is CC(C)(C)C(=O)N1CCN(C(=O)C(N)C2CCOCC2)CC1. The van der Waals surface area contributed by atoms with Gasteiger partial charge in [0.05, 0.1) is 6.04 Å². The predicted molar refractivity (Wildman–Crippen MR) is 84.1 cm³/mol. The summed E-state index contributed by atoms with van der Waals surface area (Å²) in [5, 5.41) is 0. The summed E-state index contributed by atoms with van der Waals surface area (Å²) in [5.74, 6) is 0.388. The molecule has 22 heavy (non-hydrogen) atoms. The molecule has 0 aromatic rings. The molecule has 0 saturated carbocycles. The van der Waals surface area contributed by atoms with Crippen LogP contribution < -0.4 is 5.73 Å². The van der Waals surface area contributed by atoms with Gasteiger partial charge >= 0.3 is 0 Å². The van der Waals surface area contributed by atoms with Crippen LogP contribution in [0.15, 0.2) is 0 Å². The van der Waals surface area contributed by atoms with Crippen LogP contribution in [0.1, 0.15) is 33.6 Å². The fourth-order valence-electron chi connectivity index (χ4n) is 3.09. The van der Waals surface area contributed by atoms with Crippen molar-refractivity contribution in [3.05, 3.63) is 0 Å². The van der Waals surface area contributed by atoms with E-state index >= 15 is 0 Å². The molecule has 0 aromatic carbocycles. The number of carbonyl (C=O) groups excluding carboxylic acids is 2. The van der Waals surface area contributed by atoms with Crippen LogP contribution in [0.25, 0.3) is 0 Å².